The van der Waals surface area contributed by atoms with Gasteiger partial charge in [0.2, 0.25) is 0 Å². The van der Waals surface area contributed by atoms with Crippen molar-refractivity contribution in [3.8, 4) is 5.75 Å². The van der Waals surface area contributed by atoms with Gasteiger partial charge < -0.3 is 9.47 Å². The molecule has 6 nitrogen and oxygen atoms in total. The lowest BCUT2D eigenvalue weighted by molar-refractivity contribution is -0.385. The van der Waals surface area contributed by atoms with Gasteiger partial charge in [-0.05, 0) is 6.07 Å². The second-order valence-corrected chi connectivity index (χ2v) is 5.56. The molecule has 1 heterocycles. The maximum Gasteiger partial charge on any atom is 0.310 e. The third-order valence-electron chi connectivity index (χ3n) is 3.13. The zero-order valence-corrected chi connectivity index (χ0v) is 12.2. The summed E-state index contributed by atoms with van der Waals surface area (Å²) in [5.74, 6) is 1.26. The van der Waals surface area contributed by atoms with Gasteiger partial charge in [-0.3, -0.25) is 15.0 Å². The van der Waals surface area contributed by atoms with Gasteiger partial charge in [-0.2, -0.15) is 0 Å². The molecule has 1 aromatic rings. The van der Waals surface area contributed by atoms with E-state index < -0.39 is 4.92 Å². The van der Waals surface area contributed by atoms with Crippen LogP contribution in [0.2, 0.25) is 0 Å². The zero-order chi connectivity index (χ0) is 14.4. The standard InChI is InChI=1S/C13H18N2O4S/c1-18-13-10-11(2-3-12(13)15(16)17)20-9-6-14-4-7-19-8-5-14/h2-3,10H,4-9H2,1H3. The molecule has 0 amide bonds. The van der Waals surface area contributed by atoms with Gasteiger partial charge in [-0.1, -0.05) is 0 Å². The van der Waals surface area contributed by atoms with Gasteiger partial charge in [0, 0.05) is 42.4 Å². The first kappa shape index (κ1) is 15.1. The Morgan fingerprint density at radius 2 is 2.20 bits per heavy atom. The predicted molar refractivity (Wildman–Crippen MR) is 77.6 cm³/mol. The number of nitro benzene ring substituents is 1. The monoisotopic (exact) mass is 298 g/mol. The summed E-state index contributed by atoms with van der Waals surface area (Å²) in [6.45, 7) is 4.55. The van der Waals surface area contributed by atoms with Crippen LogP contribution in [-0.2, 0) is 4.74 Å². The van der Waals surface area contributed by atoms with E-state index in [-0.39, 0.29) is 5.69 Å². The highest BCUT2D eigenvalue weighted by Crippen LogP contribution is 2.31. The highest BCUT2D eigenvalue weighted by molar-refractivity contribution is 7.99. The van der Waals surface area contributed by atoms with E-state index in [4.69, 9.17) is 9.47 Å². The Bertz CT molecular complexity index is 464. The molecule has 110 valence electrons. The van der Waals surface area contributed by atoms with Crippen molar-refractivity contribution < 1.29 is 14.4 Å². The topological polar surface area (TPSA) is 64.8 Å². The molecule has 0 N–H and O–H groups in total. The number of nitrogens with zero attached hydrogens (tertiary/aromatic N) is 2. The summed E-state index contributed by atoms with van der Waals surface area (Å²) in [4.78, 5) is 13.7. The Balaban J connectivity index is 1.87. The lowest BCUT2D eigenvalue weighted by atomic mass is 10.3. The van der Waals surface area contributed by atoms with Crippen LogP contribution < -0.4 is 4.74 Å². The summed E-state index contributed by atoms with van der Waals surface area (Å²) in [6, 6.07) is 4.99. The zero-order valence-electron chi connectivity index (χ0n) is 11.4. The molecule has 1 aliphatic rings. The summed E-state index contributed by atoms with van der Waals surface area (Å²) >= 11 is 1.68. The van der Waals surface area contributed by atoms with Gasteiger partial charge in [0.25, 0.3) is 0 Å². The van der Waals surface area contributed by atoms with E-state index in [0.717, 1.165) is 43.5 Å². The SMILES string of the molecule is COc1cc(SCCN2CCOCC2)ccc1[N+](=O)[O-]. The fourth-order valence-electron chi connectivity index (χ4n) is 2.02. The number of rotatable bonds is 6. The Morgan fingerprint density at radius 3 is 2.85 bits per heavy atom. The normalized spacial score (nSPS) is 16.1. The predicted octanol–water partition coefficient (Wildman–Crippen LogP) is 2.03. The highest BCUT2D eigenvalue weighted by Gasteiger charge is 2.15. The van der Waals surface area contributed by atoms with Crippen molar-refractivity contribution in [1.29, 1.82) is 0 Å². The van der Waals surface area contributed by atoms with E-state index in [0.29, 0.717) is 5.75 Å². The molecule has 0 radical (unpaired) electrons. The van der Waals surface area contributed by atoms with Crippen LogP contribution in [0.4, 0.5) is 5.69 Å². The van der Waals surface area contributed by atoms with Crippen LogP contribution in [-0.4, -0.2) is 55.5 Å². The molecular weight excluding hydrogens is 280 g/mol. The van der Waals surface area contributed by atoms with Crippen molar-refractivity contribution in [2.45, 2.75) is 4.90 Å². The lowest BCUT2D eigenvalue weighted by Crippen LogP contribution is -2.37. The van der Waals surface area contributed by atoms with Crippen molar-refractivity contribution in [3.63, 3.8) is 0 Å². The third-order valence-corrected chi connectivity index (χ3v) is 4.10. The molecule has 0 aliphatic carbocycles. The summed E-state index contributed by atoms with van der Waals surface area (Å²) < 4.78 is 10.4. The third kappa shape index (κ3) is 4.09. The van der Waals surface area contributed by atoms with E-state index in [1.807, 2.05) is 0 Å². The molecular formula is C13H18N2O4S. The number of hydrogen-bond acceptors (Lipinski definition) is 6. The molecule has 2 rings (SSSR count). The van der Waals surface area contributed by atoms with Gasteiger partial charge >= 0.3 is 5.69 Å². The van der Waals surface area contributed by atoms with E-state index in [9.17, 15) is 10.1 Å². The Kier molecular flexibility index (Phi) is 5.63. The Morgan fingerprint density at radius 1 is 1.45 bits per heavy atom. The minimum absolute atomic E-state index is 0.00466. The molecule has 1 fully saturated rings. The maximum absolute atomic E-state index is 10.8. The first-order valence-electron chi connectivity index (χ1n) is 6.46. The largest absolute Gasteiger partial charge is 0.490 e. The maximum atomic E-state index is 10.8. The quantitative estimate of drug-likeness (QED) is 0.455. The van der Waals surface area contributed by atoms with Crippen molar-refractivity contribution in [3.05, 3.63) is 28.3 Å². The minimum Gasteiger partial charge on any atom is -0.490 e. The van der Waals surface area contributed by atoms with Crippen LogP contribution in [0.1, 0.15) is 0 Å². The van der Waals surface area contributed by atoms with Crippen LogP contribution >= 0.6 is 11.8 Å². The Hall–Kier alpha value is -1.31. The molecule has 0 spiro atoms. The van der Waals surface area contributed by atoms with Crippen LogP contribution in [0.3, 0.4) is 0 Å². The average Bonchev–Trinajstić information content (AvgIpc) is 2.48. The number of morpholine rings is 1. The van der Waals surface area contributed by atoms with Crippen LogP contribution in [0.15, 0.2) is 23.1 Å². The van der Waals surface area contributed by atoms with Gasteiger partial charge in [0.05, 0.1) is 25.2 Å². The number of benzene rings is 1. The number of methoxy groups -OCH3 is 1. The van der Waals surface area contributed by atoms with Crippen LogP contribution in [0, 0.1) is 10.1 Å². The van der Waals surface area contributed by atoms with Crippen molar-refractivity contribution >= 4 is 17.4 Å². The molecule has 1 saturated heterocycles. The first-order valence-corrected chi connectivity index (χ1v) is 7.44. The smallest absolute Gasteiger partial charge is 0.310 e. The molecule has 0 aromatic heterocycles. The lowest BCUT2D eigenvalue weighted by Gasteiger charge is -2.26. The van der Waals surface area contributed by atoms with Crippen molar-refractivity contribution in [1.82, 2.24) is 4.90 Å². The molecule has 1 aliphatic heterocycles. The van der Waals surface area contributed by atoms with Crippen molar-refractivity contribution in [2.75, 3.05) is 45.7 Å². The van der Waals surface area contributed by atoms with Gasteiger partial charge in [-0.25, -0.2) is 0 Å². The first-order chi connectivity index (χ1) is 9.70. The fraction of sp³-hybridized carbons (Fsp3) is 0.538. The van der Waals surface area contributed by atoms with Crippen LogP contribution in [0.5, 0.6) is 5.75 Å². The molecule has 7 heteroatoms. The molecule has 0 saturated carbocycles. The van der Waals surface area contributed by atoms with Gasteiger partial charge in [0.1, 0.15) is 0 Å². The Labute approximate surface area is 122 Å². The highest BCUT2D eigenvalue weighted by atomic mass is 32.2. The van der Waals surface area contributed by atoms with E-state index in [2.05, 4.69) is 4.90 Å². The summed E-state index contributed by atoms with van der Waals surface area (Å²) in [7, 11) is 1.45. The molecule has 0 unspecified atom stereocenters. The van der Waals surface area contributed by atoms with Crippen LogP contribution in [0.25, 0.3) is 0 Å². The number of ether oxygens (including phenoxy) is 2. The summed E-state index contributed by atoms with van der Waals surface area (Å²) in [5, 5.41) is 10.8. The summed E-state index contributed by atoms with van der Waals surface area (Å²) in [5.41, 5.74) is 0.00466. The van der Waals surface area contributed by atoms with E-state index >= 15 is 0 Å². The summed E-state index contributed by atoms with van der Waals surface area (Å²) in [6.07, 6.45) is 0. The molecule has 0 bridgehead atoms. The van der Waals surface area contributed by atoms with E-state index in [1.165, 1.54) is 13.2 Å². The van der Waals surface area contributed by atoms with Crippen molar-refractivity contribution in [2.24, 2.45) is 0 Å². The number of nitro groups is 1. The molecule has 20 heavy (non-hydrogen) atoms. The molecule has 0 atom stereocenters. The number of hydrogen-bond donors (Lipinski definition) is 0. The second-order valence-electron chi connectivity index (χ2n) is 4.39. The minimum atomic E-state index is -0.430. The molecule has 1 aromatic carbocycles. The van der Waals surface area contributed by atoms with E-state index in [1.54, 1.807) is 23.9 Å². The van der Waals surface area contributed by atoms with Gasteiger partial charge in [0.15, 0.2) is 5.75 Å². The fourth-order valence-corrected chi connectivity index (χ4v) is 2.96. The number of thioether (sulfide) groups is 1. The average molecular weight is 298 g/mol. The second kappa shape index (κ2) is 7.47. The van der Waals surface area contributed by atoms with Gasteiger partial charge in [-0.15, -0.1) is 11.8 Å².